The number of nitrogens with one attached hydrogen (secondary N) is 2. The molecule has 17 heteroatoms. The molecule has 0 spiro atoms. The summed E-state index contributed by atoms with van der Waals surface area (Å²) in [5.41, 5.74) is 0. The van der Waals surface area contributed by atoms with Crippen molar-refractivity contribution in [2.45, 2.75) is 332 Å². The van der Waals surface area contributed by atoms with Crippen molar-refractivity contribution < 1.29 is 74.5 Å². The first-order valence-corrected chi connectivity index (χ1v) is 30.3. The molecular formula is C58H112N2O15. The summed E-state index contributed by atoms with van der Waals surface area (Å²) in [5, 5.41) is 102. The molecule has 2 saturated heterocycles. The van der Waals surface area contributed by atoms with Gasteiger partial charge in [-0.2, -0.15) is 0 Å². The van der Waals surface area contributed by atoms with E-state index in [1.54, 1.807) is 0 Å². The van der Waals surface area contributed by atoms with Gasteiger partial charge in [0.2, 0.25) is 11.8 Å². The van der Waals surface area contributed by atoms with Crippen LogP contribution in [0.2, 0.25) is 0 Å². The van der Waals surface area contributed by atoms with E-state index in [1.165, 1.54) is 148 Å². The summed E-state index contributed by atoms with van der Waals surface area (Å²) in [6.45, 7) is 5.91. The van der Waals surface area contributed by atoms with Crippen LogP contribution < -0.4 is 10.6 Å². The van der Waals surface area contributed by atoms with E-state index >= 15 is 0 Å². The molecule has 0 aliphatic carbocycles. The summed E-state index contributed by atoms with van der Waals surface area (Å²) in [7, 11) is 0. The molecule has 2 heterocycles. The lowest BCUT2D eigenvalue weighted by Crippen LogP contribution is -2.67. The van der Waals surface area contributed by atoms with Crippen LogP contribution >= 0.6 is 0 Å². The Morgan fingerprint density at radius 3 is 1.36 bits per heavy atom. The largest absolute Gasteiger partial charge is 0.394 e. The van der Waals surface area contributed by atoms with Gasteiger partial charge in [0.1, 0.15) is 61.0 Å². The highest BCUT2D eigenvalue weighted by Gasteiger charge is 2.51. The minimum absolute atomic E-state index is 0.202. The molecule has 0 aromatic carbocycles. The topological polar surface area (TPSA) is 277 Å². The van der Waals surface area contributed by atoms with Gasteiger partial charge in [-0.1, -0.05) is 226 Å². The number of rotatable bonds is 47. The van der Waals surface area contributed by atoms with Crippen LogP contribution in [0.25, 0.3) is 0 Å². The molecule has 2 aliphatic heterocycles. The minimum Gasteiger partial charge on any atom is -0.394 e. The van der Waals surface area contributed by atoms with Crippen LogP contribution in [0.3, 0.4) is 0 Å². The molecule has 444 valence electrons. The third kappa shape index (κ3) is 30.0. The van der Waals surface area contributed by atoms with Crippen LogP contribution in [-0.2, 0) is 28.5 Å². The van der Waals surface area contributed by atoms with Gasteiger partial charge in [0.25, 0.3) is 0 Å². The van der Waals surface area contributed by atoms with Gasteiger partial charge < -0.3 is 75.5 Å². The van der Waals surface area contributed by atoms with Gasteiger partial charge in [0.05, 0.1) is 32.0 Å². The summed E-state index contributed by atoms with van der Waals surface area (Å²) in [6, 6.07) is -2.67. The second-order valence-corrected chi connectivity index (χ2v) is 22.6. The first-order valence-electron chi connectivity index (χ1n) is 30.3. The van der Waals surface area contributed by atoms with Crippen molar-refractivity contribution in [3.8, 4) is 0 Å². The van der Waals surface area contributed by atoms with Crippen LogP contribution in [-0.4, -0.2) is 163 Å². The molecule has 75 heavy (non-hydrogen) atoms. The number of aliphatic hydroxyl groups is 9. The Morgan fingerprint density at radius 1 is 0.520 bits per heavy atom. The predicted molar refractivity (Wildman–Crippen MR) is 291 cm³/mol. The third-order valence-corrected chi connectivity index (χ3v) is 15.4. The number of hydrogen-bond acceptors (Lipinski definition) is 15. The van der Waals surface area contributed by atoms with Crippen LogP contribution in [0.4, 0.5) is 0 Å². The molecule has 2 rings (SSSR count). The molecule has 0 radical (unpaired) electrons. The molecule has 11 N–H and O–H groups in total. The second kappa shape index (κ2) is 43.2. The van der Waals surface area contributed by atoms with E-state index < -0.39 is 117 Å². The van der Waals surface area contributed by atoms with Gasteiger partial charge in [-0.3, -0.25) is 9.59 Å². The van der Waals surface area contributed by atoms with Crippen LogP contribution in [0.5, 0.6) is 0 Å². The summed E-state index contributed by atoms with van der Waals surface area (Å²) >= 11 is 0. The van der Waals surface area contributed by atoms with E-state index in [9.17, 15) is 55.5 Å². The lowest BCUT2D eigenvalue weighted by Gasteiger charge is -2.47. The summed E-state index contributed by atoms with van der Waals surface area (Å²) < 4.78 is 23.2. The Hall–Kier alpha value is -1.58. The predicted octanol–water partition coefficient (Wildman–Crippen LogP) is 7.28. The molecule has 0 aromatic rings. The Balaban J connectivity index is 1.89. The van der Waals surface area contributed by atoms with Crippen molar-refractivity contribution >= 4 is 11.8 Å². The Bertz CT molecular complexity index is 1380. The summed E-state index contributed by atoms with van der Waals surface area (Å²) in [6.07, 6.45) is 20.2. The van der Waals surface area contributed by atoms with Gasteiger partial charge >= 0.3 is 0 Å². The monoisotopic (exact) mass is 1080 g/mol. The molecule has 0 aromatic heterocycles. The Kier molecular flexibility index (Phi) is 40.1. The number of ether oxygens (including phenoxy) is 4. The standard InChI is InChI=1S/C58H112N2O15/c1-5-6-7-8-9-10-11-12-13-14-15-16-17-18-23-26-29-32-35-38-46(65)56(71)60-44(50(66)45(64)37-34-31-28-25-22-20-19-21-24-27-30-33-36-42(2)3)41-72-58-54(70)53(69)55(48(40-62)74-58)75-57-49(59-43(4)63)52(68)51(67)47(39-61)73-57/h42,44-55,57-58,61-62,64-70H,5-41H2,1-4H3,(H,59,63)(H,60,71). The quantitative estimate of drug-likeness (QED) is 0.0267. The second-order valence-electron chi connectivity index (χ2n) is 22.6. The van der Waals surface area contributed by atoms with Gasteiger partial charge in [-0.25, -0.2) is 0 Å². The average molecular weight is 1080 g/mol. The molecule has 2 aliphatic rings. The SMILES string of the molecule is CCCCCCCCCCCCCCCCCCCCCC(O)C(=O)NC(COC1OC(CO)C(OC2OC(CO)C(O)C(O)C2NC(C)=O)C(O)C1O)C(O)C(O)CCCCCCCCCCCCCCC(C)C. The zero-order chi connectivity index (χ0) is 55.2. The van der Waals surface area contributed by atoms with Gasteiger partial charge in [-0.15, -0.1) is 0 Å². The van der Waals surface area contributed by atoms with E-state index in [0.717, 1.165) is 57.8 Å². The lowest BCUT2D eigenvalue weighted by molar-refractivity contribution is -0.347. The third-order valence-electron chi connectivity index (χ3n) is 15.4. The highest BCUT2D eigenvalue weighted by Crippen LogP contribution is 2.30. The van der Waals surface area contributed by atoms with Crippen molar-refractivity contribution in [1.29, 1.82) is 0 Å². The molecule has 14 atom stereocenters. The molecule has 0 bridgehead atoms. The van der Waals surface area contributed by atoms with E-state index in [-0.39, 0.29) is 12.8 Å². The van der Waals surface area contributed by atoms with Gasteiger partial charge in [0.15, 0.2) is 12.6 Å². The van der Waals surface area contributed by atoms with Crippen LogP contribution in [0.1, 0.15) is 246 Å². The summed E-state index contributed by atoms with van der Waals surface area (Å²) in [5.74, 6) is -0.599. The fourth-order valence-corrected chi connectivity index (χ4v) is 10.5. The van der Waals surface area contributed by atoms with Gasteiger partial charge in [-0.05, 0) is 18.8 Å². The van der Waals surface area contributed by atoms with Crippen molar-refractivity contribution in [1.82, 2.24) is 10.6 Å². The lowest BCUT2D eigenvalue weighted by atomic mass is 9.95. The highest BCUT2D eigenvalue weighted by atomic mass is 16.7. The molecule has 17 nitrogen and oxygen atoms in total. The normalized spacial score (nSPS) is 25.8. The Labute approximate surface area is 453 Å². The number of carbonyl (C=O) groups excluding carboxylic acids is 2. The number of carbonyl (C=O) groups is 2. The zero-order valence-electron chi connectivity index (χ0n) is 47.3. The number of amides is 2. The van der Waals surface area contributed by atoms with Crippen molar-refractivity contribution in [3.05, 3.63) is 0 Å². The van der Waals surface area contributed by atoms with E-state index in [4.69, 9.17) is 18.9 Å². The zero-order valence-corrected chi connectivity index (χ0v) is 47.3. The van der Waals surface area contributed by atoms with Crippen molar-refractivity contribution in [3.63, 3.8) is 0 Å². The van der Waals surface area contributed by atoms with E-state index in [1.807, 2.05) is 0 Å². The molecule has 14 unspecified atom stereocenters. The van der Waals surface area contributed by atoms with Crippen LogP contribution in [0, 0.1) is 5.92 Å². The maximum atomic E-state index is 13.4. The maximum Gasteiger partial charge on any atom is 0.249 e. The Morgan fingerprint density at radius 2 is 0.933 bits per heavy atom. The highest BCUT2D eigenvalue weighted by molar-refractivity contribution is 5.80. The van der Waals surface area contributed by atoms with Crippen molar-refractivity contribution in [2.75, 3.05) is 19.8 Å². The first kappa shape index (κ1) is 69.5. The average Bonchev–Trinajstić information content (AvgIpc) is 3.39. The number of hydrogen-bond donors (Lipinski definition) is 11. The maximum absolute atomic E-state index is 13.4. The minimum atomic E-state index is -1.86. The number of unbranched alkanes of at least 4 members (excludes halogenated alkanes) is 29. The molecule has 2 fully saturated rings. The molecule has 2 amide bonds. The van der Waals surface area contributed by atoms with E-state index in [0.29, 0.717) is 12.8 Å². The van der Waals surface area contributed by atoms with Crippen molar-refractivity contribution in [2.24, 2.45) is 5.92 Å². The fraction of sp³-hybridized carbons (Fsp3) is 0.966. The first-order chi connectivity index (χ1) is 36.2. The summed E-state index contributed by atoms with van der Waals surface area (Å²) in [4.78, 5) is 25.4. The molecular weight excluding hydrogens is 965 g/mol. The van der Waals surface area contributed by atoms with Gasteiger partial charge in [0, 0.05) is 6.92 Å². The molecule has 0 saturated carbocycles. The van der Waals surface area contributed by atoms with E-state index in [2.05, 4.69) is 31.4 Å². The fourth-order valence-electron chi connectivity index (χ4n) is 10.5. The number of aliphatic hydroxyl groups excluding tert-OH is 9. The van der Waals surface area contributed by atoms with Crippen LogP contribution in [0.15, 0.2) is 0 Å². The smallest absolute Gasteiger partial charge is 0.249 e.